The number of hydrogen-bond acceptors (Lipinski definition) is 2. The molecule has 1 aliphatic heterocycles. The quantitative estimate of drug-likeness (QED) is 0.738. The maximum absolute atomic E-state index is 11.8. The molecular weight excluding hydrogens is 188 g/mol. The van der Waals surface area contributed by atoms with E-state index in [-0.39, 0.29) is 0 Å². The van der Waals surface area contributed by atoms with Crippen LogP contribution in [0.3, 0.4) is 0 Å². The molecule has 1 N–H and O–H groups in total. The first kappa shape index (κ1) is 10.6. The van der Waals surface area contributed by atoms with Crippen molar-refractivity contribution < 1.29 is 5.06 Å². The Morgan fingerprint density at radius 2 is 2.20 bits per heavy atom. The van der Waals surface area contributed by atoms with Gasteiger partial charge < -0.3 is 10.3 Å². The Balaban J connectivity index is 2.52. The number of hydrogen-bond donors (Lipinski definition) is 1. The third-order valence-electron chi connectivity index (χ3n) is 3.09. The highest BCUT2D eigenvalue weighted by Gasteiger charge is 2.20. The number of aryl methyl sites for hydroxylation is 2. The van der Waals surface area contributed by atoms with E-state index in [1.165, 1.54) is 5.56 Å². The second kappa shape index (κ2) is 4.29. The minimum absolute atomic E-state index is 0.308. The third-order valence-corrected chi connectivity index (χ3v) is 3.09. The van der Waals surface area contributed by atoms with E-state index in [1.807, 2.05) is 6.07 Å². The molecule has 0 saturated heterocycles. The van der Waals surface area contributed by atoms with E-state index in [1.54, 1.807) is 0 Å². The van der Waals surface area contributed by atoms with Crippen molar-refractivity contribution in [1.82, 2.24) is 4.98 Å². The maximum Gasteiger partial charge on any atom is 0.138 e. The van der Waals surface area contributed by atoms with Crippen molar-refractivity contribution in [2.24, 2.45) is 0 Å². The van der Waals surface area contributed by atoms with Crippen LogP contribution in [0.15, 0.2) is 6.07 Å². The maximum atomic E-state index is 11.8. The fourth-order valence-electron chi connectivity index (χ4n) is 2.24. The van der Waals surface area contributed by atoms with E-state index in [2.05, 4.69) is 18.8 Å². The lowest BCUT2D eigenvalue weighted by Gasteiger charge is -2.29. The van der Waals surface area contributed by atoms with Gasteiger partial charge in [-0.1, -0.05) is 13.8 Å². The SMILES string of the molecule is CCc1cc2c(c(CC)n1)CCC[NH+]2[O-]. The second-order valence-corrected chi connectivity index (χ2v) is 4.07. The number of aromatic nitrogens is 1. The molecular formula is C12H18N2O. The minimum Gasteiger partial charge on any atom is -0.629 e. The Hall–Kier alpha value is -0.930. The number of hydroxylamine groups is 1. The highest BCUT2D eigenvalue weighted by molar-refractivity contribution is 5.45. The Bertz CT molecular complexity index is 363. The zero-order chi connectivity index (χ0) is 10.8. The van der Waals surface area contributed by atoms with Crippen molar-refractivity contribution in [3.63, 3.8) is 0 Å². The number of quaternary nitrogens is 1. The predicted octanol–water partition coefficient (Wildman–Crippen LogP) is 1.17. The molecule has 82 valence electrons. The highest BCUT2D eigenvalue weighted by atomic mass is 16.5. The zero-order valence-electron chi connectivity index (χ0n) is 9.47. The fourth-order valence-corrected chi connectivity index (χ4v) is 2.24. The van der Waals surface area contributed by atoms with Crippen LogP contribution in [0.5, 0.6) is 0 Å². The van der Waals surface area contributed by atoms with Crippen molar-refractivity contribution in [2.45, 2.75) is 39.5 Å². The Kier molecular flexibility index (Phi) is 3.03. The Labute approximate surface area is 90.7 Å². The van der Waals surface area contributed by atoms with Gasteiger partial charge in [-0.05, 0) is 19.3 Å². The summed E-state index contributed by atoms with van der Waals surface area (Å²) in [6.45, 7) is 4.91. The van der Waals surface area contributed by atoms with Gasteiger partial charge in [-0.3, -0.25) is 4.98 Å². The molecule has 2 heterocycles. The van der Waals surface area contributed by atoms with Gasteiger partial charge in [0, 0.05) is 29.4 Å². The van der Waals surface area contributed by atoms with Gasteiger partial charge in [0.15, 0.2) is 0 Å². The van der Waals surface area contributed by atoms with Crippen LogP contribution in [-0.4, -0.2) is 11.5 Å². The van der Waals surface area contributed by atoms with Crippen LogP contribution in [-0.2, 0) is 19.3 Å². The van der Waals surface area contributed by atoms with Crippen LogP contribution in [0.2, 0.25) is 0 Å². The molecule has 3 nitrogen and oxygen atoms in total. The molecule has 3 heteroatoms. The summed E-state index contributed by atoms with van der Waals surface area (Å²) in [5.74, 6) is 0. The van der Waals surface area contributed by atoms with Crippen LogP contribution < -0.4 is 5.06 Å². The lowest BCUT2D eigenvalue weighted by molar-refractivity contribution is -0.779. The lowest BCUT2D eigenvalue weighted by atomic mass is 9.99. The molecule has 0 aromatic carbocycles. The summed E-state index contributed by atoms with van der Waals surface area (Å²) in [5, 5.41) is 12.1. The summed E-state index contributed by atoms with van der Waals surface area (Å²) in [5.41, 5.74) is 4.36. The van der Waals surface area contributed by atoms with Crippen molar-refractivity contribution in [3.8, 4) is 0 Å². The van der Waals surface area contributed by atoms with Crippen LogP contribution in [0.4, 0.5) is 5.69 Å². The zero-order valence-corrected chi connectivity index (χ0v) is 9.47. The van der Waals surface area contributed by atoms with Crippen molar-refractivity contribution in [3.05, 3.63) is 28.2 Å². The molecule has 0 fully saturated rings. The van der Waals surface area contributed by atoms with E-state index >= 15 is 0 Å². The highest BCUT2D eigenvalue weighted by Crippen LogP contribution is 2.21. The topological polar surface area (TPSA) is 40.4 Å². The summed E-state index contributed by atoms with van der Waals surface area (Å²) in [4.78, 5) is 4.61. The molecule has 1 atom stereocenters. The summed E-state index contributed by atoms with van der Waals surface area (Å²) >= 11 is 0. The average Bonchev–Trinajstić information content (AvgIpc) is 2.28. The van der Waals surface area contributed by atoms with Gasteiger partial charge >= 0.3 is 0 Å². The van der Waals surface area contributed by atoms with Crippen LogP contribution >= 0.6 is 0 Å². The van der Waals surface area contributed by atoms with E-state index in [4.69, 9.17) is 0 Å². The fraction of sp³-hybridized carbons (Fsp3) is 0.583. The van der Waals surface area contributed by atoms with E-state index < -0.39 is 0 Å². The Morgan fingerprint density at radius 1 is 1.40 bits per heavy atom. The van der Waals surface area contributed by atoms with Gasteiger partial charge in [0.1, 0.15) is 5.69 Å². The van der Waals surface area contributed by atoms with Crippen molar-refractivity contribution in [2.75, 3.05) is 6.54 Å². The molecule has 1 aromatic heterocycles. The van der Waals surface area contributed by atoms with Gasteiger partial charge in [0.2, 0.25) is 0 Å². The van der Waals surface area contributed by atoms with Gasteiger partial charge in [-0.15, -0.1) is 0 Å². The van der Waals surface area contributed by atoms with Gasteiger partial charge in [0.05, 0.1) is 6.54 Å². The summed E-state index contributed by atoms with van der Waals surface area (Å²) in [6.07, 6.45) is 3.87. The molecule has 0 amide bonds. The van der Waals surface area contributed by atoms with Crippen LogP contribution in [0.25, 0.3) is 0 Å². The number of fused-ring (bicyclic) bond motifs is 1. The monoisotopic (exact) mass is 206 g/mol. The molecule has 15 heavy (non-hydrogen) atoms. The molecule has 1 aliphatic rings. The first-order chi connectivity index (χ1) is 7.26. The van der Waals surface area contributed by atoms with Gasteiger partial charge in [-0.25, -0.2) is 0 Å². The largest absolute Gasteiger partial charge is 0.629 e. The van der Waals surface area contributed by atoms with Crippen molar-refractivity contribution >= 4 is 5.69 Å². The van der Waals surface area contributed by atoms with E-state index in [0.29, 0.717) is 11.6 Å². The normalized spacial score (nSPS) is 20.1. The summed E-state index contributed by atoms with van der Waals surface area (Å²) in [7, 11) is 0. The van der Waals surface area contributed by atoms with Gasteiger partial charge in [0.25, 0.3) is 0 Å². The molecule has 0 saturated carbocycles. The molecule has 0 aliphatic carbocycles. The number of pyridine rings is 1. The number of rotatable bonds is 2. The Morgan fingerprint density at radius 3 is 2.87 bits per heavy atom. The first-order valence-electron chi connectivity index (χ1n) is 5.81. The van der Waals surface area contributed by atoms with Crippen LogP contribution in [0, 0.1) is 5.21 Å². The molecule has 1 unspecified atom stereocenters. The number of nitrogens with one attached hydrogen (secondary N) is 1. The van der Waals surface area contributed by atoms with Crippen LogP contribution in [0.1, 0.15) is 37.2 Å². The first-order valence-corrected chi connectivity index (χ1v) is 5.81. The average molecular weight is 206 g/mol. The van der Waals surface area contributed by atoms with Crippen molar-refractivity contribution in [1.29, 1.82) is 0 Å². The number of nitrogens with zero attached hydrogens (tertiary/aromatic N) is 1. The smallest absolute Gasteiger partial charge is 0.138 e. The summed E-state index contributed by atoms with van der Waals surface area (Å²) < 4.78 is 0. The van der Waals surface area contributed by atoms with E-state index in [9.17, 15) is 5.21 Å². The third kappa shape index (κ3) is 1.90. The summed E-state index contributed by atoms with van der Waals surface area (Å²) in [6, 6.07) is 2.00. The molecule has 1 aromatic rings. The van der Waals surface area contributed by atoms with Gasteiger partial charge in [-0.2, -0.15) is 0 Å². The molecule has 2 rings (SSSR count). The van der Waals surface area contributed by atoms with E-state index in [0.717, 1.165) is 42.8 Å². The lowest BCUT2D eigenvalue weighted by Crippen LogP contribution is -3.03. The second-order valence-electron chi connectivity index (χ2n) is 4.07. The minimum atomic E-state index is 0.308. The molecule has 0 spiro atoms. The predicted molar refractivity (Wildman–Crippen MR) is 60.2 cm³/mol. The standard InChI is InChI=1S/C12H18N2O/c1-3-9-8-12-10(11(4-2)13-9)6-5-7-14(12)15/h8,14H,3-7H2,1-2H3. The molecule has 0 radical (unpaired) electrons. The molecule has 0 bridgehead atoms.